The summed E-state index contributed by atoms with van der Waals surface area (Å²) in [6.45, 7) is 0.222. The van der Waals surface area contributed by atoms with E-state index in [0.29, 0.717) is 16.8 Å². The second-order valence-electron chi connectivity index (χ2n) is 4.52. The maximum Gasteiger partial charge on any atom is 0.261 e. The number of carbonyl (C=O) groups excluding carboxylic acids is 2. The number of imide groups is 1. The Morgan fingerprint density at radius 1 is 1.21 bits per heavy atom. The van der Waals surface area contributed by atoms with Gasteiger partial charge in [0.25, 0.3) is 11.8 Å². The molecule has 1 aromatic heterocycles. The number of hydrogen-bond acceptors (Lipinski definition) is 4. The molecule has 3 rings (SSSR count). The van der Waals surface area contributed by atoms with Crippen LogP contribution in [0.5, 0.6) is 0 Å². The minimum Gasteiger partial charge on any atom is -0.399 e. The number of hydrogen-bond donors (Lipinski definition) is 1. The van der Waals surface area contributed by atoms with Crippen molar-refractivity contribution in [3.05, 3.63) is 47.3 Å². The predicted molar refractivity (Wildman–Crippen MR) is 68.3 cm³/mol. The number of carbonyl (C=O) groups is 2. The third kappa shape index (κ3) is 1.77. The van der Waals surface area contributed by atoms with Crippen LogP contribution in [0.3, 0.4) is 0 Å². The number of nitrogen functional groups attached to an aromatic ring is 1. The molecule has 2 aromatic rings. The quantitative estimate of drug-likeness (QED) is 0.636. The van der Waals surface area contributed by atoms with Gasteiger partial charge < -0.3 is 5.73 Å². The predicted octanol–water partition coefficient (Wildman–Crippen LogP) is 0.799. The average molecular weight is 256 g/mol. The smallest absolute Gasteiger partial charge is 0.261 e. The highest BCUT2D eigenvalue weighted by atomic mass is 16.2. The molecule has 6 heteroatoms. The van der Waals surface area contributed by atoms with E-state index in [1.54, 1.807) is 42.3 Å². The topological polar surface area (TPSA) is 81.2 Å². The molecule has 1 aromatic carbocycles. The largest absolute Gasteiger partial charge is 0.399 e. The second kappa shape index (κ2) is 3.94. The van der Waals surface area contributed by atoms with Gasteiger partial charge in [-0.3, -0.25) is 19.2 Å². The Morgan fingerprint density at radius 3 is 2.63 bits per heavy atom. The molecule has 2 heterocycles. The number of fused-ring (bicyclic) bond motifs is 1. The van der Waals surface area contributed by atoms with Crippen LogP contribution in [-0.4, -0.2) is 26.5 Å². The van der Waals surface area contributed by atoms with E-state index in [2.05, 4.69) is 5.10 Å². The molecule has 1 aliphatic heterocycles. The Hall–Kier alpha value is -2.63. The molecule has 0 aliphatic carbocycles. The van der Waals surface area contributed by atoms with E-state index in [-0.39, 0.29) is 18.4 Å². The minimum atomic E-state index is -0.309. The Bertz CT molecular complexity index is 690. The molecular weight excluding hydrogens is 244 g/mol. The van der Waals surface area contributed by atoms with Gasteiger partial charge in [0, 0.05) is 24.5 Å². The Morgan fingerprint density at radius 2 is 1.95 bits per heavy atom. The fraction of sp³-hybridized carbons (Fsp3) is 0.154. The van der Waals surface area contributed by atoms with Crippen molar-refractivity contribution in [1.82, 2.24) is 14.7 Å². The molecule has 19 heavy (non-hydrogen) atoms. The standard InChI is InChI=1S/C13H12N4O2/c1-16-6-8(5-15-16)7-17-12(18)10-3-2-9(14)4-11(10)13(17)19/h2-6H,7,14H2,1H3. The summed E-state index contributed by atoms with van der Waals surface area (Å²) in [4.78, 5) is 25.6. The Kier molecular flexibility index (Phi) is 2.38. The highest BCUT2D eigenvalue weighted by Gasteiger charge is 2.35. The van der Waals surface area contributed by atoms with Crippen molar-refractivity contribution in [1.29, 1.82) is 0 Å². The van der Waals surface area contributed by atoms with Gasteiger partial charge in [-0.05, 0) is 18.2 Å². The number of rotatable bonds is 2. The molecule has 1 aliphatic rings. The van der Waals surface area contributed by atoms with Crippen LogP contribution in [-0.2, 0) is 13.6 Å². The summed E-state index contributed by atoms with van der Waals surface area (Å²) < 4.78 is 1.63. The van der Waals surface area contributed by atoms with Crippen LogP contribution in [0.15, 0.2) is 30.6 Å². The molecule has 96 valence electrons. The van der Waals surface area contributed by atoms with Crippen molar-refractivity contribution in [2.45, 2.75) is 6.54 Å². The van der Waals surface area contributed by atoms with Crippen LogP contribution in [0.25, 0.3) is 0 Å². The third-order valence-corrected chi connectivity index (χ3v) is 3.09. The number of aromatic nitrogens is 2. The summed E-state index contributed by atoms with van der Waals surface area (Å²) in [6, 6.07) is 4.75. The van der Waals surface area contributed by atoms with E-state index in [9.17, 15) is 9.59 Å². The van der Waals surface area contributed by atoms with Gasteiger partial charge in [-0.15, -0.1) is 0 Å². The van der Waals surface area contributed by atoms with Crippen molar-refractivity contribution < 1.29 is 9.59 Å². The van der Waals surface area contributed by atoms with E-state index >= 15 is 0 Å². The van der Waals surface area contributed by atoms with Gasteiger partial charge in [0.05, 0.1) is 23.9 Å². The van der Waals surface area contributed by atoms with Gasteiger partial charge in [-0.1, -0.05) is 0 Å². The van der Waals surface area contributed by atoms with Crippen molar-refractivity contribution in [3.63, 3.8) is 0 Å². The Balaban J connectivity index is 1.94. The number of amides is 2. The molecule has 2 N–H and O–H groups in total. The van der Waals surface area contributed by atoms with E-state index in [4.69, 9.17) is 5.73 Å². The summed E-state index contributed by atoms with van der Waals surface area (Å²) in [5.74, 6) is -0.597. The van der Waals surface area contributed by atoms with Crippen LogP contribution < -0.4 is 5.73 Å². The lowest BCUT2D eigenvalue weighted by atomic mass is 10.1. The zero-order valence-corrected chi connectivity index (χ0v) is 10.3. The van der Waals surface area contributed by atoms with E-state index in [1.807, 2.05) is 0 Å². The highest BCUT2D eigenvalue weighted by Crippen LogP contribution is 2.26. The number of aryl methyl sites for hydroxylation is 1. The molecular formula is C13H12N4O2. The van der Waals surface area contributed by atoms with E-state index in [0.717, 1.165) is 5.56 Å². The molecule has 6 nitrogen and oxygen atoms in total. The zero-order chi connectivity index (χ0) is 13.6. The average Bonchev–Trinajstić information content (AvgIpc) is 2.88. The number of anilines is 1. The fourth-order valence-corrected chi connectivity index (χ4v) is 2.19. The lowest BCUT2D eigenvalue weighted by molar-refractivity contribution is 0.0642. The lowest BCUT2D eigenvalue weighted by Crippen LogP contribution is -2.28. The zero-order valence-electron chi connectivity index (χ0n) is 10.3. The van der Waals surface area contributed by atoms with Crippen molar-refractivity contribution in [2.75, 3.05) is 5.73 Å². The van der Waals surface area contributed by atoms with Gasteiger partial charge >= 0.3 is 0 Å². The summed E-state index contributed by atoms with van der Waals surface area (Å²) in [6.07, 6.45) is 3.41. The van der Waals surface area contributed by atoms with Crippen LogP contribution in [0, 0.1) is 0 Å². The van der Waals surface area contributed by atoms with E-state index in [1.165, 1.54) is 4.90 Å². The summed E-state index contributed by atoms with van der Waals surface area (Å²) in [7, 11) is 1.78. The first-order valence-electron chi connectivity index (χ1n) is 5.79. The van der Waals surface area contributed by atoms with Crippen molar-refractivity contribution >= 4 is 17.5 Å². The third-order valence-electron chi connectivity index (χ3n) is 3.09. The SMILES string of the molecule is Cn1cc(CN2C(=O)c3ccc(N)cc3C2=O)cn1. The number of nitrogens with zero attached hydrogens (tertiary/aromatic N) is 3. The van der Waals surface area contributed by atoms with Crippen LogP contribution in [0.2, 0.25) is 0 Å². The molecule has 0 radical (unpaired) electrons. The summed E-state index contributed by atoms with van der Waals surface area (Å²) in [5, 5.41) is 4.02. The van der Waals surface area contributed by atoms with Crippen LogP contribution >= 0.6 is 0 Å². The van der Waals surface area contributed by atoms with E-state index < -0.39 is 0 Å². The summed E-state index contributed by atoms with van der Waals surface area (Å²) >= 11 is 0. The van der Waals surface area contributed by atoms with Gasteiger partial charge in [0.2, 0.25) is 0 Å². The Labute approximate surface area is 109 Å². The maximum atomic E-state index is 12.2. The number of nitrogens with two attached hydrogens (primary N) is 1. The van der Waals surface area contributed by atoms with Crippen molar-refractivity contribution in [3.8, 4) is 0 Å². The molecule has 0 bridgehead atoms. The molecule has 0 spiro atoms. The maximum absolute atomic E-state index is 12.2. The lowest BCUT2D eigenvalue weighted by Gasteiger charge is -2.11. The van der Waals surface area contributed by atoms with Crippen molar-refractivity contribution in [2.24, 2.45) is 7.05 Å². The fourth-order valence-electron chi connectivity index (χ4n) is 2.19. The summed E-state index contributed by atoms with van der Waals surface area (Å²) in [5.41, 5.74) is 7.70. The minimum absolute atomic E-state index is 0.222. The molecule has 0 atom stereocenters. The van der Waals surface area contributed by atoms with Crippen LogP contribution in [0.4, 0.5) is 5.69 Å². The molecule has 0 fully saturated rings. The van der Waals surface area contributed by atoms with Gasteiger partial charge in [0.15, 0.2) is 0 Å². The molecule has 0 saturated heterocycles. The van der Waals surface area contributed by atoms with Gasteiger partial charge in [0.1, 0.15) is 0 Å². The van der Waals surface area contributed by atoms with Gasteiger partial charge in [-0.25, -0.2) is 0 Å². The molecule has 0 unspecified atom stereocenters. The molecule has 2 amide bonds. The first-order valence-corrected chi connectivity index (χ1v) is 5.79. The first-order chi connectivity index (χ1) is 9.06. The monoisotopic (exact) mass is 256 g/mol. The highest BCUT2D eigenvalue weighted by molar-refractivity contribution is 6.21. The van der Waals surface area contributed by atoms with Gasteiger partial charge in [-0.2, -0.15) is 5.10 Å². The van der Waals surface area contributed by atoms with Crippen LogP contribution in [0.1, 0.15) is 26.3 Å². The second-order valence-corrected chi connectivity index (χ2v) is 4.52. The first kappa shape index (κ1) is 11.5. The normalized spacial score (nSPS) is 14.1. The number of benzene rings is 1. The molecule has 0 saturated carbocycles.